The largest absolute Gasteiger partial charge is 0.494 e. The van der Waals surface area contributed by atoms with Gasteiger partial charge in [-0.25, -0.2) is 9.37 Å². The molecule has 3 aromatic carbocycles. The third-order valence-electron chi connectivity index (χ3n) is 4.29. The predicted molar refractivity (Wildman–Crippen MR) is 110 cm³/mol. The van der Waals surface area contributed by atoms with Gasteiger partial charge in [-0.15, -0.1) is 11.3 Å². The Hall–Kier alpha value is -3.25. The number of nitrogens with one attached hydrogen (secondary N) is 1. The number of thiazole rings is 1. The van der Waals surface area contributed by atoms with Gasteiger partial charge < -0.3 is 10.1 Å². The number of ether oxygens (including phenoxy) is 1. The summed E-state index contributed by atoms with van der Waals surface area (Å²) in [6.07, 6.45) is 0.0839. The average Bonchev–Trinajstić information content (AvgIpc) is 3.13. The molecule has 1 amide bonds. The summed E-state index contributed by atoms with van der Waals surface area (Å²) < 4.78 is 19.8. The van der Waals surface area contributed by atoms with Crippen molar-refractivity contribution in [2.75, 3.05) is 12.4 Å². The second kappa shape index (κ2) is 7.78. The van der Waals surface area contributed by atoms with Gasteiger partial charge in [-0.1, -0.05) is 18.2 Å². The highest BCUT2D eigenvalue weighted by Gasteiger charge is 2.09. The number of hydrogen-bond donors (Lipinski definition) is 1. The highest BCUT2D eigenvalue weighted by molar-refractivity contribution is 7.21. The first kappa shape index (κ1) is 18.1. The number of methoxy groups -OCH3 is 1. The molecular weight excluding hydrogens is 375 g/mol. The Balaban J connectivity index is 1.44. The van der Waals surface area contributed by atoms with Gasteiger partial charge in [-0.05, 0) is 54.1 Å². The van der Waals surface area contributed by atoms with Crippen LogP contribution in [0.3, 0.4) is 0 Å². The van der Waals surface area contributed by atoms with Gasteiger partial charge in [0.2, 0.25) is 5.91 Å². The minimum atomic E-state index is -0.479. The first-order valence-electron chi connectivity index (χ1n) is 8.70. The number of carbonyl (C=O) groups is 1. The fourth-order valence-corrected chi connectivity index (χ4v) is 3.87. The van der Waals surface area contributed by atoms with Gasteiger partial charge in [-0.3, -0.25) is 4.79 Å². The first-order chi connectivity index (χ1) is 13.6. The predicted octanol–water partition coefficient (Wildman–Crippen LogP) is 5.29. The Labute approximate surface area is 165 Å². The number of para-hydroxylation sites is 1. The van der Waals surface area contributed by atoms with E-state index in [1.807, 2.05) is 48.5 Å². The maximum atomic E-state index is 13.7. The number of nitrogens with zero attached hydrogens (tertiary/aromatic N) is 1. The molecule has 0 aliphatic heterocycles. The van der Waals surface area contributed by atoms with Crippen molar-refractivity contribution in [1.29, 1.82) is 0 Å². The van der Waals surface area contributed by atoms with E-state index >= 15 is 0 Å². The van der Waals surface area contributed by atoms with Crippen LogP contribution >= 0.6 is 11.3 Å². The van der Waals surface area contributed by atoms with Crippen molar-refractivity contribution in [3.63, 3.8) is 0 Å². The Morgan fingerprint density at radius 3 is 2.61 bits per heavy atom. The zero-order chi connectivity index (χ0) is 19.5. The second-order valence-electron chi connectivity index (χ2n) is 6.26. The van der Waals surface area contributed by atoms with Crippen LogP contribution in [-0.4, -0.2) is 18.0 Å². The number of rotatable bonds is 5. The van der Waals surface area contributed by atoms with Gasteiger partial charge in [0.25, 0.3) is 0 Å². The number of fused-ring (bicyclic) bond motifs is 1. The van der Waals surface area contributed by atoms with Crippen molar-refractivity contribution < 1.29 is 13.9 Å². The van der Waals surface area contributed by atoms with Crippen LogP contribution in [-0.2, 0) is 11.2 Å². The normalized spacial score (nSPS) is 10.8. The maximum Gasteiger partial charge on any atom is 0.228 e. The lowest BCUT2D eigenvalue weighted by molar-refractivity contribution is -0.115. The molecule has 0 saturated heterocycles. The van der Waals surface area contributed by atoms with Crippen LogP contribution in [0.15, 0.2) is 66.7 Å². The quantitative estimate of drug-likeness (QED) is 0.502. The number of anilines is 1. The molecule has 0 aliphatic carbocycles. The number of aromatic nitrogens is 1. The number of halogens is 1. The summed E-state index contributed by atoms with van der Waals surface area (Å²) >= 11 is 1.63. The van der Waals surface area contributed by atoms with Crippen molar-refractivity contribution in [2.45, 2.75) is 6.42 Å². The Bertz CT molecular complexity index is 1110. The van der Waals surface area contributed by atoms with Crippen molar-refractivity contribution in [2.24, 2.45) is 0 Å². The van der Waals surface area contributed by atoms with Gasteiger partial charge in [0, 0.05) is 11.3 Å². The zero-order valence-corrected chi connectivity index (χ0v) is 15.9. The third kappa shape index (κ3) is 3.87. The van der Waals surface area contributed by atoms with Gasteiger partial charge in [0.15, 0.2) is 11.6 Å². The minimum Gasteiger partial charge on any atom is -0.494 e. The summed E-state index contributed by atoms with van der Waals surface area (Å²) in [5, 5.41) is 3.77. The lowest BCUT2D eigenvalue weighted by Gasteiger charge is -2.07. The highest BCUT2D eigenvalue weighted by Crippen LogP contribution is 2.30. The molecule has 6 heteroatoms. The van der Waals surface area contributed by atoms with E-state index < -0.39 is 5.82 Å². The monoisotopic (exact) mass is 392 g/mol. The second-order valence-corrected chi connectivity index (χ2v) is 7.29. The minimum absolute atomic E-state index is 0.0839. The molecule has 4 rings (SSSR count). The molecular formula is C22H17FN2O2S. The van der Waals surface area contributed by atoms with Crippen LogP contribution in [0.4, 0.5) is 10.1 Å². The van der Waals surface area contributed by atoms with Crippen LogP contribution in [0.5, 0.6) is 5.75 Å². The molecule has 0 aliphatic rings. The fraction of sp³-hybridized carbons (Fsp3) is 0.0909. The molecule has 0 spiro atoms. The molecule has 0 fully saturated rings. The van der Waals surface area contributed by atoms with Gasteiger partial charge in [0.1, 0.15) is 5.01 Å². The van der Waals surface area contributed by atoms with E-state index in [1.54, 1.807) is 17.4 Å². The molecule has 0 saturated carbocycles. The van der Waals surface area contributed by atoms with Crippen molar-refractivity contribution >= 4 is 33.1 Å². The molecule has 4 aromatic rings. The fourth-order valence-electron chi connectivity index (χ4n) is 2.90. The van der Waals surface area contributed by atoms with Crippen LogP contribution in [0.2, 0.25) is 0 Å². The van der Waals surface area contributed by atoms with Gasteiger partial charge in [-0.2, -0.15) is 0 Å². The topological polar surface area (TPSA) is 51.2 Å². The van der Waals surface area contributed by atoms with Crippen LogP contribution < -0.4 is 10.1 Å². The van der Waals surface area contributed by atoms with Crippen LogP contribution in [0.25, 0.3) is 20.8 Å². The highest BCUT2D eigenvalue weighted by atomic mass is 32.1. The lowest BCUT2D eigenvalue weighted by Crippen LogP contribution is -2.14. The van der Waals surface area contributed by atoms with E-state index in [1.165, 1.54) is 19.2 Å². The van der Waals surface area contributed by atoms with Gasteiger partial charge in [0.05, 0.1) is 23.7 Å². The molecule has 0 atom stereocenters. The standard InChI is InChI=1S/C22H17FN2O2S/c1-27-19-11-6-14(12-17(19)23)13-21(26)24-16-9-7-15(8-10-16)22-25-18-4-2-3-5-20(18)28-22/h2-12H,13H2,1H3,(H,24,26). The number of benzene rings is 3. The number of hydrogen-bond acceptors (Lipinski definition) is 4. The molecule has 28 heavy (non-hydrogen) atoms. The van der Waals surface area contributed by atoms with Crippen molar-refractivity contribution in [1.82, 2.24) is 4.98 Å². The third-order valence-corrected chi connectivity index (χ3v) is 5.38. The maximum absolute atomic E-state index is 13.7. The van der Waals surface area contributed by atoms with Crippen LogP contribution in [0, 0.1) is 5.82 Å². The molecule has 140 valence electrons. The van der Waals surface area contributed by atoms with E-state index in [-0.39, 0.29) is 18.1 Å². The average molecular weight is 392 g/mol. The van der Waals surface area contributed by atoms with Crippen LogP contribution in [0.1, 0.15) is 5.56 Å². The summed E-state index contributed by atoms with van der Waals surface area (Å²) in [6, 6.07) is 20.1. The first-order valence-corrected chi connectivity index (χ1v) is 9.52. The number of carbonyl (C=O) groups excluding carboxylic acids is 1. The summed E-state index contributed by atoms with van der Waals surface area (Å²) in [5.41, 5.74) is 3.24. The summed E-state index contributed by atoms with van der Waals surface area (Å²) in [7, 11) is 1.41. The summed E-state index contributed by atoms with van der Waals surface area (Å²) in [6.45, 7) is 0. The van der Waals surface area contributed by atoms with E-state index in [9.17, 15) is 9.18 Å². The summed E-state index contributed by atoms with van der Waals surface area (Å²) in [5.74, 6) is -0.528. The lowest BCUT2D eigenvalue weighted by atomic mass is 10.1. The molecule has 0 unspecified atom stereocenters. The van der Waals surface area contributed by atoms with E-state index in [4.69, 9.17) is 4.74 Å². The molecule has 0 radical (unpaired) electrons. The molecule has 0 bridgehead atoms. The van der Waals surface area contributed by atoms with Gasteiger partial charge >= 0.3 is 0 Å². The van der Waals surface area contributed by atoms with Crippen molar-refractivity contribution in [3.8, 4) is 16.3 Å². The Kier molecular flexibility index (Phi) is 5.04. The Morgan fingerprint density at radius 2 is 1.89 bits per heavy atom. The van der Waals surface area contributed by atoms with Crippen molar-refractivity contribution in [3.05, 3.63) is 78.1 Å². The molecule has 1 aromatic heterocycles. The Morgan fingerprint density at radius 1 is 1.11 bits per heavy atom. The van der Waals surface area contributed by atoms with E-state index in [0.29, 0.717) is 11.3 Å². The number of amides is 1. The zero-order valence-electron chi connectivity index (χ0n) is 15.1. The van der Waals surface area contributed by atoms with E-state index in [0.717, 1.165) is 20.8 Å². The van der Waals surface area contributed by atoms with E-state index in [2.05, 4.69) is 10.3 Å². The molecule has 1 heterocycles. The summed E-state index contributed by atoms with van der Waals surface area (Å²) in [4.78, 5) is 16.9. The molecule has 1 N–H and O–H groups in total. The SMILES string of the molecule is COc1ccc(CC(=O)Nc2ccc(-c3nc4ccccc4s3)cc2)cc1F. The molecule has 4 nitrogen and oxygen atoms in total. The smallest absolute Gasteiger partial charge is 0.228 e.